The molecule has 0 aliphatic carbocycles. The first-order chi connectivity index (χ1) is 13.3. The Morgan fingerprint density at radius 2 is 1.79 bits per heavy atom. The third-order valence-corrected chi connectivity index (χ3v) is 4.16. The van der Waals surface area contributed by atoms with Crippen molar-refractivity contribution in [2.24, 2.45) is 5.92 Å². The number of anilines is 1. The van der Waals surface area contributed by atoms with Crippen molar-refractivity contribution in [1.29, 1.82) is 0 Å². The van der Waals surface area contributed by atoms with Crippen LogP contribution in [0.15, 0.2) is 52.2 Å². The van der Waals surface area contributed by atoms with Gasteiger partial charge in [0.15, 0.2) is 0 Å². The number of carboxylic acid groups (broad SMARTS) is 1. The van der Waals surface area contributed by atoms with Gasteiger partial charge in [0.2, 0.25) is 11.0 Å². The lowest BCUT2D eigenvalue weighted by atomic mass is 10.1. The lowest BCUT2D eigenvalue weighted by Gasteiger charge is -2.15. The molecular weight excluding hydrogens is 362 g/mol. The molecule has 3 aromatic rings. The van der Waals surface area contributed by atoms with E-state index < -0.39 is 22.9 Å². The molecule has 8 heteroatoms. The zero-order chi connectivity index (χ0) is 20.4. The second-order valence-electron chi connectivity index (χ2n) is 6.84. The Bertz CT molecular complexity index is 1170. The maximum atomic E-state index is 12.8. The molecule has 2 heterocycles. The average Bonchev–Trinajstić information content (AvgIpc) is 2.64. The number of carbonyl (C=O) groups is 2. The van der Waals surface area contributed by atoms with Crippen molar-refractivity contribution in [2.45, 2.75) is 20.4 Å². The average molecular weight is 381 g/mol. The summed E-state index contributed by atoms with van der Waals surface area (Å²) in [5.74, 6) is -1.47. The monoisotopic (exact) mass is 381 g/mol. The molecule has 0 saturated carbocycles. The normalized spacial score (nSPS) is 11.0. The van der Waals surface area contributed by atoms with Crippen molar-refractivity contribution in [3.8, 4) is 0 Å². The zero-order valence-electron chi connectivity index (χ0n) is 15.4. The Kier molecular flexibility index (Phi) is 5.12. The number of rotatable bonds is 5. The van der Waals surface area contributed by atoms with Gasteiger partial charge in [0.25, 0.3) is 5.91 Å². The predicted octanol–water partition coefficient (Wildman–Crippen LogP) is 2.30. The van der Waals surface area contributed by atoms with Gasteiger partial charge in [-0.05, 0) is 36.2 Å². The predicted molar refractivity (Wildman–Crippen MR) is 105 cm³/mol. The lowest BCUT2D eigenvalue weighted by Crippen LogP contribution is -2.26. The van der Waals surface area contributed by atoms with E-state index in [0.717, 1.165) is 0 Å². The molecule has 0 fully saturated rings. The first-order valence-corrected chi connectivity index (χ1v) is 8.67. The fraction of sp³-hybridized carbons (Fsp3) is 0.200. The molecule has 144 valence electrons. The number of aromatic nitrogens is 2. The van der Waals surface area contributed by atoms with E-state index in [-0.39, 0.29) is 22.6 Å². The van der Waals surface area contributed by atoms with Gasteiger partial charge in [0.05, 0.1) is 11.1 Å². The summed E-state index contributed by atoms with van der Waals surface area (Å²) in [6.07, 6.45) is 1.48. The molecule has 1 aromatic carbocycles. The summed E-state index contributed by atoms with van der Waals surface area (Å²) in [4.78, 5) is 50.6. The molecule has 0 spiro atoms. The van der Waals surface area contributed by atoms with Gasteiger partial charge in [-0.25, -0.2) is 4.79 Å². The number of H-pyrrole nitrogens is 1. The van der Waals surface area contributed by atoms with Crippen LogP contribution in [0.2, 0.25) is 0 Å². The fourth-order valence-electron chi connectivity index (χ4n) is 2.90. The highest BCUT2D eigenvalue weighted by Gasteiger charge is 2.17. The number of hydrogen-bond donors (Lipinski definition) is 3. The van der Waals surface area contributed by atoms with E-state index in [1.165, 1.54) is 36.5 Å². The number of fused-ring (bicyclic) bond motifs is 1. The van der Waals surface area contributed by atoms with Crippen molar-refractivity contribution < 1.29 is 14.7 Å². The maximum absolute atomic E-state index is 12.8. The molecule has 8 nitrogen and oxygen atoms in total. The van der Waals surface area contributed by atoms with Gasteiger partial charge < -0.3 is 20.0 Å². The van der Waals surface area contributed by atoms with Crippen LogP contribution < -0.4 is 16.3 Å². The molecule has 0 radical (unpaired) electrons. The Balaban J connectivity index is 2.04. The quantitative estimate of drug-likeness (QED) is 0.626. The van der Waals surface area contributed by atoms with Crippen molar-refractivity contribution >= 4 is 28.6 Å². The summed E-state index contributed by atoms with van der Waals surface area (Å²) in [6, 6.07) is 8.49. The van der Waals surface area contributed by atoms with Gasteiger partial charge in [-0.2, -0.15) is 0 Å². The number of aromatic carboxylic acids is 1. The molecular formula is C20H19N3O5. The van der Waals surface area contributed by atoms with E-state index in [4.69, 9.17) is 5.11 Å². The van der Waals surface area contributed by atoms with Crippen LogP contribution in [-0.2, 0) is 6.54 Å². The number of aromatic amines is 1. The van der Waals surface area contributed by atoms with Gasteiger partial charge >= 0.3 is 5.97 Å². The largest absolute Gasteiger partial charge is 0.478 e. The smallest absolute Gasteiger partial charge is 0.335 e. The van der Waals surface area contributed by atoms with Crippen molar-refractivity contribution in [3.63, 3.8) is 0 Å². The second-order valence-corrected chi connectivity index (χ2v) is 6.84. The number of carboxylic acids is 1. The third kappa shape index (κ3) is 3.85. The van der Waals surface area contributed by atoms with Crippen LogP contribution in [0.25, 0.3) is 11.0 Å². The Hall–Kier alpha value is -3.68. The molecule has 3 N–H and O–H groups in total. The maximum Gasteiger partial charge on any atom is 0.335 e. The molecule has 0 atom stereocenters. The molecule has 0 aliphatic heterocycles. The summed E-state index contributed by atoms with van der Waals surface area (Å²) < 4.78 is 1.76. The molecule has 0 saturated heterocycles. The third-order valence-electron chi connectivity index (χ3n) is 4.16. The number of hydrogen-bond acceptors (Lipinski definition) is 4. The van der Waals surface area contributed by atoms with Gasteiger partial charge in [0, 0.05) is 24.5 Å². The fourth-order valence-corrected chi connectivity index (χ4v) is 2.90. The first-order valence-electron chi connectivity index (χ1n) is 8.67. The van der Waals surface area contributed by atoms with Crippen LogP contribution in [0.5, 0.6) is 0 Å². The van der Waals surface area contributed by atoms with Crippen molar-refractivity contribution in [3.05, 3.63) is 74.3 Å². The SMILES string of the molecule is CC(C)Cn1cc(C(=O)Nc2ccc(C(=O)O)cc2)c(=O)c2[nH]c(=O)ccc21. The summed E-state index contributed by atoms with van der Waals surface area (Å²) in [7, 11) is 0. The van der Waals surface area contributed by atoms with E-state index in [1.807, 2.05) is 13.8 Å². The van der Waals surface area contributed by atoms with Crippen LogP contribution >= 0.6 is 0 Å². The van der Waals surface area contributed by atoms with E-state index >= 15 is 0 Å². The minimum absolute atomic E-state index is 0.0713. The Morgan fingerprint density at radius 1 is 1.11 bits per heavy atom. The zero-order valence-corrected chi connectivity index (χ0v) is 15.4. The second kappa shape index (κ2) is 7.51. The molecule has 3 rings (SSSR count). The van der Waals surface area contributed by atoms with Crippen LogP contribution in [0.4, 0.5) is 5.69 Å². The number of benzene rings is 1. The number of carbonyl (C=O) groups excluding carboxylic acids is 1. The highest BCUT2D eigenvalue weighted by Crippen LogP contribution is 2.14. The van der Waals surface area contributed by atoms with Crippen LogP contribution in [0, 0.1) is 5.92 Å². The van der Waals surface area contributed by atoms with E-state index in [1.54, 1.807) is 10.6 Å². The minimum Gasteiger partial charge on any atom is -0.478 e. The van der Waals surface area contributed by atoms with Crippen molar-refractivity contribution in [1.82, 2.24) is 9.55 Å². The van der Waals surface area contributed by atoms with E-state index in [2.05, 4.69) is 10.3 Å². The molecule has 28 heavy (non-hydrogen) atoms. The minimum atomic E-state index is -1.08. The Labute approximate surface area is 159 Å². The summed E-state index contributed by atoms with van der Waals surface area (Å²) >= 11 is 0. The van der Waals surface area contributed by atoms with Gasteiger partial charge in [-0.3, -0.25) is 14.4 Å². The Morgan fingerprint density at radius 3 is 2.39 bits per heavy atom. The highest BCUT2D eigenvalue weighted by atomic mass is 16.4. The van der Waals surface area contributed by atoms with Gasteiger partial charge in [-0.1, -0.05) is 13.8 Å². The topological polar surface area (TPSA) is 121 Å². The summed E-state index contributed by atoms with van der Waals surface area (Å²) in [6.45, 7) is 4.55. The van der Waals surface area contributed by atoms with Gasteiger partial charge in [0.1, 0.15) is 11.1 Å². The van der Waals surface area contributed by atoms with E-state index in [9.17, 15) is 19.2 Å². The summed E-state index contributed by atoms with van der Waals surface area (Å²) in [5.41, 5.74) is -0.0677. The molecule has 0 aliphatic rings. The van der Waals surface area contributed by atoms with Crippen LogP contribution in [-0.4, -0.2) is 26.5 Å². The van der Waals surface area contributed by atoms with Gasteiger partial charge in [-0.15, -0.1) is 0 Å². The standard InChI is InChI=1S/C20H19N3O5/c1-11(2)9-23-10-14(18(25)17-15(23)7-8-16(24)22-17)19(26)21-13-5-3-12(4-6-13)20(27)28/h3-8,10-11H,9H2,1-2H3,(H,21,26)(H,22,24)(H,27,28). The van der Waals surface area contributed by atoms with Crippen LogP contribution in [0.3, 0.4) is 0 Å². The number of amides is 1. The number of pyridine rings is 2. The van der Waals surface area contributed by atoms with Crippen molar-refractivity contribution in [2.75, 3.05) is 5.32 Å². The summed E-state index contributed by atoms with van der Waals surface area (Å²) in [5, 5.41) is 11.5. The number of nitrogens with one attached hydrogen (secondary N) is 2. The molecule has 2 aromatic heterocycles. The van der Waals surface area contributed by atoms with E-state index in [0.29, 0.717) is 17.7 Å². The number of nitrogens with zero attached hydrogens (tertiary/aromatic N) is 1. The van der Waals surface area contributed by atoms with Crippen LogP contribution in [0.1, 0.15) is 34.6 Å². The molecule has 1 amide bonds. The molecule has 0 unspecified atom stereocenters. The first kappa shape index (κ1) is 19.1. The lowest BCUT2D eigenvalue weighted by molar-refractivity contribution is 0.0696. The molecule has 0 bridgehead atoms. The highest BCUT2D eigenvalue weighted by molar-refractivity contribution is 6.05.